The molecule has 140 valence electrons. The first-order valence-corrected chi connectivity index (χ1v) is 9.06. The molecule has 0 amide bonds. The van der Waals surface area contributed by atoms with Crippen molar-refractivity contribution in [3.05, 3.63) is 76.8 Å². The second-order valence-corrected chi connectivity index (χ2v) is 6.76. The highest BCUT2D eigenvalue weighted by Gasteiger charge is 2.22. The minimum atomic E-state index is -0.718. The van der Waals surface area contributed by atoms with Gasteiger partial charge in [-0.05, 0) is 38.1 Å². The summed E-state index contributed by atoms with van der Waals surface area (Å²) < 4.78 is 11.2. The van der Waals surface area contributed by atoms with Crippen molar-refractivity contribution in [1.82, 2.24) is 15.2 Å². The highest BCUT2D eigenvalue weighted by atomic mass is 35.5. The highest BCUT2D eigenvalue weighted by molar-refractivity contribution is 6.30. The van der Waals surface area contributed by atoms with E-state index in [1.54, 1.807) is 19.1 Å². The lowest BCUT2D eigenvalue weighted by molar-refractivity contribution is 0.0282. The zero-order chi connectivity index (χ0) is 19.7. The molecular weight excluding hydrogens is 378 g/mol. The van der Waals surface area contributed by atoms with Crippen LogP contribution in [0, 0.1) is 6.92 Å². The van der Waals surface area contributed by atoms with Gasteiger partial charge in [-0.15, -0.1) is 10.2 Å². The average Bonchev–Trinajstić information content (AvgIpc) is 3.18. The third kappa shape index (κ3) is 3.59. The van der Waals surface area contributed by atoms with E-state index in [0.29, 0.717) is 22.4 Å². The maximum atomic E-state index is 12.7. The Hall–Kier alpha value is -3.25. The molecule has 0 spiro atoms. The number of nitrogens with zero attached hydrogens (tertiary/aromatic N) is 3. The fourth-order valence-corrected chi connectivity index (χ4v) is 3.00. The van der Waals surface area contributed by atoms with Crippen molar-refractivity contribution in [3.63, 3.8) is 0 Å². The Labute approximate surface area is 166 Å². The summed E-state index contributed by atoms with van der Waals surface area (Å²) in [5, 5.41) is 8.93. The monoisotopic (exact) mass is 393 g/mol. The molecule has 0 aliphatic rings. The third-order valence-electron chi connectivity index (χ3n) is 4.28. The fourth-order valence-electron chi connectivity index (χ4n) is 2.80. The number of fused-ring (bicyclic) bond motifs is 1. The quantitative estimate of drug-likeness (QED) is 0.352. The standard InChI is InChI=1S/C21H16ClN3O3/c1-12-7-9-14(10-8-12)20-25-24-19(28-20)13(2)27-21(26)16-11-18(22)23-17-6-4-3-5-15(16)17/h3-11,13H,1-2H3/t13-/m0/s1. The molecule has 6 nitrogen and oxygen atoms in total. The number of ether oxygens (including phenoxy) is 1. The Balaban J connectivity index is 1.57. The van der Waals surface area contributed by atoms with Gasteiger partial charge in [0.1, 0.15) is 5.15 Å². The van der Waals surface area contributed by atoms with Gasteiger partial charge in [-0.1, -0.05) is 47.5 Å². The van der Waals surface area contributed by atoms with E-state index in [9.17, 15) is 4.79 Å². The van der Waals surface area contributed by atoms with Crippen molar-refractivity contribution < 1.29 is 13.9 Å². The van der Waals surface area contributed by atoms with Crippen LogP contribution in [0.3, 0.4) is 0 Å². The smallest absolute Gasteiger partial charge is 0.339 e. The molecule has 0 fully saturated rings. The normalized spacial score (nSPS) is 12.1. The zero-order valence-electron chi connectivity index (χ0n) is 15.2. The number of aryl methyl sites for hydroxylation is 1. The molecule has 1 atom stereocenters. The Morgan fingerprint density at radius 3 is 2.64 bits per heavy atom. The molecule has 7 heteroatoms. The Bertz CT molecular complexity index is 1160. The van der Waals surface area contributed by atoms with E-state index in [1.165, 1.54) is 6.07 Å². The first kappa shape index (κ1) is 18.1. The summed E-state index contributed by atoms with van der Waals surface area (Å²) in [7, 11) is 0. The lowest BCUT2D eigenvalue weighted by Crippen LogP contribution is -2.10. The van der Waals surface area contributed by atoms with E-state index in [4.69, 9.17) is 20.8 Å². The summed E-state index contributed by atoms with van der Waals surface area (Å²) in [5.41, 5.74) is 2.89. The molecule has 2 aromatic carbocycles. The van der Waals surface area contributed by atoms with Crippen LogP contribution < -0.4 is 0 Å². The predicted molar refractivity (Wildman–Crippen MR) is 105 cm³/mol. The van der Waals surface area contributed by atoms with E-state index in [-0.39, 0.29) is 11.0 Å². The molecular formula is C21H16ClN3O3. The summed E-state index contributed by atoms with van der Waals surface area (Å²) in [6, 6.07) is 16.4. The van der Waals surface area contributed by atoms with Gasteiger partial charge in [0, 0.05) is 10.9 Å². The zero-order valence-corrected chi connectivity index (χ0v) is 16.0. The molecule has 0 bridgehead atoms. The maximum Gasteiger partial charge on any atom is 0.339 e. The van der Waals surface area contributed by atoms with Gasteiger partial charge >= 0.3 is 5.97 Å². The molecule has 0 unspecified atom stereocenters. The average molecular weight is 394 g/mol. The first-order valence-electron chi connectivity index (χ1n) is 8.68. The minimum absolute atomic E-state index is 0.216. The van der Waals surface area contributed by atoms with Crippen LogP contribution in [0.4, 0.5) is 0 Å². The van der Waals surface area contributed by atoms with Crippen LogP contribution in [0.1, 0.15) is 34.8 Å². The SMILES string of the molecule is Cc1ccc(-c2nnc([C@H](C)OC(=O)c3cc(Cl)nc4ccccc34)o2)cc1. The van der Waals surface area contributed by atoms with Crippen LogP contribution >= 0.6 is 11.6 Å². The van der Waals surface area contributed by atoms with Crippen LogP contribution in [0.25, 0.3) is 22.4 Å². The van der Waals surface area contributed by atoms with Gasteiger partial charge in [0.2, 0.25) is 5.89 Å². The third-order valence-corrected chi connectivity index (χ3v) is 4.47. The molecule has 0 aliphatic heterocycles. The molecule has 2 heterocycles. The number of benzene rings is 2. The highest BCUT2D eigenvalue weighted by Crippen LogP contribution is 2.26. The van der Waals surface area contributed by atoms with Gasteiger partial charge in [0.05, 0.1) is 11.1 Å². The molecule has 0 saturated heterocycles. The molecule has 0 aliphatic carbocycles. The van der Waals surface area contributed by atoms with Crippen molar-refractivity contribution in [3.8, 4) is 11.5 Å². The number of halogens is 1. The number of esters is 1. The van der Waals surface area contributed by atoms with Crippen molar-refractivity contribution in [2.45, 2.75) is 20.0 Å². The van der Waals surface area contributed by atoms with E-state index in [2.05, 4.69) is 15.2 Å². The second-order valence-electron chi connectivity index (χ2n) is 6.37. The van der Waals surface area contributed by atoms with Gasteiger partial charge in [0.15, 0.2) is 6.10 Å². The van der Waals surface area contributed by atoms with Crippen molar-refractivity contribution >= 4 is 28.5 Å². The Kier molecular flexibility index (Phi) is 4.79. The summed E-state index contributed by atoms with van der Waals surface area (Å²) >= 11 is 6.04. The van der Waals surface area contributed by atoms with E-state index < -0.39 is 12.1 Å². The number of carbonyl (C=O) groups is 1. The molecule has 0 saturated carbocycles. The van der Waals surface area contributed by atoms with Gasteiger partial charge in [-0.3, -0.25) is 0 Å². The van der Waals surface area contributed by atoms with Crippen molar-refractivity contribution in [2.24, 2.45) is 0 Å². The largest absolute Gasteiger partial charge is 0.449 e. The number of aromatic nitrogens is 3. The van der Waals surface area contributed by atoms with Crippen LogP contribution in [-0.4, -0.2) is 21.2 Å². The van der Waals surface area contributed by atoms with Gasteiger partial charge < -0.3 is 9.15 Å². The van der Waals surface area contributed by atoms with Crippen molar-refractivity contribution in [2.75, 3.05) is 0 Å². The number of hydrogen-bond acceptors (Lipinski definition) is 6. The second kappa shape index (κ2) is 7.40. The van der Waals surface area contributed by atoms with Crippen LogP contribution in [0.2, 0.25) is 5.15 Å². The topological polar surface area (TPSA) is 78.1 Å². The molecule has 2 aromatic heterocycles. The Morgan fingerprint density at radius 2 is 1.86 bits per heavy atom. The van der Waals surface area contributed by atoms with Gasteiger partial charge in [-0.25, -0.2) is 9.78 Å². The van der Waals surface area contributed by atoms with Gasteiger partial charge in [0.25, 0.3) is 5.89 Å². The number of hydrogen-bond donors (Lipinski definition) is 0. The summed E-state index contributed by atoms with van der Waals surface area (Å²) in [4.78, 5) is 16.9. The number of para-hydroxylation sites is 1. The molecule has 0 N–H and O–H groups in total. The van der Waals surface area contributed by atoms with E-state index in [0.717, 1.165) is 11.1 Å². The van der Waals surface area contributed by atoms with Gasteiger partial charge in [-0.2, -0.15) is 0 Å². The van der Waals surface area contributed by atoms with Crippen LogP contribution in [0.15, 0.2) is 59.0 Å². The minimum Gasteiger partial charge on any atom is -0.449 e. The lowest BCUT2D eigenvalue weighted by Gasteiger charge is -2.11. The number of carbonyl (C=O) groups excluding carboxylic acids is 1. The number of rotatable bonds is 4. The lowest BCUT2D eigenvalue weighted by atomic mass is 10.1. The van der Waals surface area contributed by atoms with Crippen molar-refractivity contribution in [1.29, 1.82) is 0 Å². The number of pyridine rings is 1. The van der Waals surface area contributed by atoms with E-state index in [1.807, 2.05) is 43.3 Å². The van der Waals surface area contributed by atoms with Crippen LogP contribution in [0.5, 0.6) is 0 Å². The molecule has 28 heavy (non-hydrogen) atoms. The summed E-state index contributed by atoms with van der Waals surface area (Å²) in [5.74, 6) is 0.0479. The molecule has 0 radical (unpaired) electrons. The van der Waals surface area contributed by atoms with E-state index >= 15 is 0 Å². The maximum absolute atomic E-state index is 12.7. The Morgan fingerprint density at radius 1 is 1.11 bits per heavy atom. The van der Waals surface area contributed by atoms with Crippen LogP contribution in [-0.2, 0) is 4.74 Å². The fraction of sp³-hybridized carbons (Fsp3) is 0.143. The molecule has 4 aromatic rings. The molecule has 4 rings (SSSR count). The summed E-state index contributed by atoms with van der Waals surface area (Å²) in [6.45, 7) is 3.68. The summed E-state index contributed by atoms with van der Waals surface area (Å²) in [6.07, 6.45) is -0.718. The predicted octanol–water partition coefficient (Wildman–Crippen LogP) is 5.16. The first-order chi connectivity index (χ1) is 13.5.